The lowest BCUT2D eigenvalue weighted by Crippen LogP contribution is -2.40. The molecule has 1 saturated heterocycles. The van der Waals surface area contributed by atoms with Crippen molar-refractivity contribution in [2.24, 2.45) is 11.7 Å². The number of rotatable bonds is 6. The van der Waals surface area contributed by atoms with Gasteiger partial charge in [-0.15, -0.1) is 24.8 Å². The smallest absolute Gasteiger partial charge is 0.253 e. The molecule has 0 aromatic heterocycles. The lowest BCUT2D eigenvalue weighted by molar-refractivity contribution is 0.0693. The van der Waals surface area contributed by atoms with Gasteiger partial charge in [-0.05, 0) is 62.9 Å². The number of nitrogens with zero attached hydrogens (tertiary/aromatic N) is 2. The van der Waals surface area contributed by atoms with Crippen LogP contribution in [-0.4, -0.2) is 43.5 Å². The molecule has 1 aliphatic rings. The Kier molecular flexibility index (Phi) is 11.1. The van der Waals surface area contributed by atoms with Crippen LogP contribution in [0.3, 0.4) is 0 Å². The van der Waals surface area contributed by atoms with Gasteiger partial charge in [0.1, 0.15) is 0 Å². The minimum atomic E-state index is 0. The Labute approximate surface area is 158 Å². The molecule has 2 N–H and O–H groups in total. The molecular formula is C18H31Cl2N3O. The molecule has 4 nitrogen and oxygen atoms in total. The highest BCUT2D eigenvalue weighted by molar-refractivity contribution is 5.94. The molecule has 1 aromatic carbocycles. The molecule has 2 rings (SSSR count). The SMILES string of the molecule is CCCN(CC)c1ccc(C(=O)N2CCC(CN)CC2)cc1.Cl.Cl. The summed E-state index contributed by atoms with van der Waals surface area (Å²) in [6.07, 6.45) is 3.19. The third-order valence-electron chi connectivity index (χ3n) is 4.59. The molecule has 1 aliphatic heterocycles. The van der Waals surface area contributed by atoms with Gasteiger partial charge in [-0.3, -0.25) is 4.79 Å². The van der Waals surface area contributed by atoms with Crippen molar-refractivity contribution < 1.29 is 4.79 Å². The predicted molar refractivity (Wildman–Crippen MR) is 107 cm³/mol. The maximum atomic E-state index is 12.6. The number of hydrogen-bond acceptors (Lipinski definition) is 3. The zero-order valence-electron chi connectivity index (χ0n) is 14.7. The van der Waals surface area contributed by atoms with Crippen LogP contribution in [0.1, 0.15) is 43.5 Å². The number of amides is 1. The Morgan fingerprint density at radius 2 is 1.75 bits per heavy atom. The second kappa shape index (κ2) is 11.6. The molecule has 0 bridgehead atoms. The maximum absolute atomic E-state index is 12.6. The molecule has 138 valence electrons. The van der Waals surface area contributed by atoms with Gasteiger partial charge in [0.15, 0.2) is 0 Å². The Bertz CT molecular complexity index is 474. The Hall–Kier alpha value is -0.970. The van der Waals surface area contributed by atoms with Crippen molar-refractivity contribution in [1.82, 2.24) is 4.90 Å². The van der Waals surface area contributed by atoms with Gasteiger partial charge in [-0.25, -0.2) is 0 Å². The van der Waals surface area contributed by atoms with E-state index in [1.54, 1.807) is 0 Å². The topological polar surface area (TPSA) is 49.6 Å². The number of hydrogen-bond donors (Lipinski definition) is 1. The van der Waals surface area contributed by atoms with E-state index in [9.17, 15) is 4.79 Å². The summed E-state index contributed by atoms with van der Waals surface area (Å²) < 4.78 is 0. The van der Waals surface area contributed by atoms with Crippen LogP contribution in [0.2, 0.25) is 0 Å². The van der Waals surface area contributed by atoms with Crippen LogP contribution in [0.25, 0.3) is 0 Å². The van der Waals surface area contributed by atoms with E-state index in [2.05, 4.69) is 30.9 Å². The summed E-state index contributed by atoms with van der Waals surface area (Å²) in [5.41, 5.74) is 7.70. The fraction of sp³-hybridized carbons (Fsp3) is 0.611. The molecule has 1 fully saturated rings. The third-order valence-corrected chi connectivity index (χ3v) is 4.59. The van der Waals surface area contributed by atoms with Gasteiger partial charge in [0.25, 0.3) is 5.91 Å². The van der Waals surface area contributed by atoms with E-state index >= 15 is 0 Å². The van der Waals surface area contributed by atoms with Gasteiger partial charge in [0.2, 0.25) is 0 Å². The van der Waals surface area contributed by atoms with Gasteiger partial charge in [-0.2, -0.15) is 0 Å². The summed E-state index contributed by atoms with van der Waals surface area (Å²) in [7, 11) is 0. The lowest BCUT2D eigenvalue weighted by Gasteiger charge is -2.31. The summed E-state index contributed by atoms with van der Waals surface area (Å²) in [5, 5.41) is 0. The van der Waals surface area contributed by atoms with E-state index in [0.717, 1.165) is 57.5 Å². The van der Waals surface area contributed by atoms with E-state index in [1.165, 1.54) is 5.69 Å². The fourth-order valence-corrected chi connectivity index (χ4v) is 3.11. The monoisotopic (exact) mass is 375 g/mol. The van der Waals surface area contributed by atoms with Gasteiger partial charge >= 0.3 is 0 Å². The first-order valence-electron chi connectivity index (χ1n) is 8.53. The predicted octanol–water partition coefficient (Wildman–Crippen LogP) is 3.58. The molecule has 0 radical (unpaired) electrons. The van der Waals surface area contributed by atoms with Crippen LogP contribution in [0, 0.1) is 5.92 Å². The average Bonchev–Trinajstić information content (AvgIpc) is 2.59. The van der Waals surface area contributed by atoms with Crippen LogP contribution in [0.4, 0.5) is 5.69 Å². The molecule has 1 aromatic rings. The highest BCUT2D eigenvalue weighted by Crippen LogP contribution is 2.20. The summed E-state index contributed by atoms with van der Waals surface area (Å²) in [6.45, 7) is 8.80. The molecule has 24 heavy (non-hydrogen) atoms. The fourth-order valence-electron chi connectivity index (χ4n) is 3.11. The average molecular weight is 376 g/mol. The number of benzene rings is 1. The number of likely N-dealkylation sites (tertiary alicyclic amines) is 1. The minimum Gasteiger partial charge on any atom is -0.372 e. The number of halogens is 2. The van der Waals surface area contributed by atoms with E-state index in [-0.39, 0.29) is 30.7 Å². The van der Waals surface area contributed by atoms with Gasteiger partial charge in [0.05, 0.1) is 0 Å². The highest BCUT2D eigenvalue weighted by atomic mass is 35.5. The molecule has 0 saturated carbocycles. The molecular weight excluding hydrogens is 345 g/mol. The Balaban J connectivity index is 0.00000264. The summed E-state index contributed by atoms with van der Waals surface area (Å²) in [5.74, 6) is 0.735. The van der Waals surface area contributed by atoms with Crippen LogP contribution in [0.5, 0.6) is 0 Å². The summed E-state index contributed by atoms with van der Waals surface area (Å²) >= 11 is 0. The molecule has 0 unspecified atom stereocenters. The summed E-state index contributed by atoms with van der Waals surface area (Å²) in [4.78, 5) is 16.8. The van der Waals surface area contributed by atoms with E-state index in [0.29, 0.717) is 5.92 Å². The quantitative estimate of drug-likeness (QED) is 0.826. The zero-order chi connectivity index (χ0) is 15.9. The van der Waals surface area contributed by atoms with Crippen molar-refractivity contribution in [3.63, 3.8) is 0 Å². The van der Waals surface area contributed by atoms with Crippen LogP contribution in [-0.2, 0) is 0 Å². The van der Waals surface area contributed by atoms with Gasteiger partial charge < -0.3 is 15.5 Å². The highest BCUT2D eigenvalue weighted by Gasteiger charge is 2.22. The van der Waals surface area contributed by atoms with E-state index < -0.39 is 0 Å². The van der Waals surface area contributed by atoms with Gasteiger partial charge in [-0.1, -0.05) is 6.92 Å². The van der Waals surface area contributed by atoms with Gasteiger partial charge in [0, 0.05) is 37.4 Å². The van der Waals surface area contributed by atoms with Crippen molar-refractivity contribution in [2.75, 3.05) is 37.6 Å². The second-order valence-electron chi connectivity index (χ2n) is 6.10. The van der Waals surface area contributed by atoms with Crippen molar-refractivity contribution >= 4 is 36.4 Å². The maximum Gasteiger partial charge on any atom is 0.253 e. The van der Waals surface area contributed by atoms with Crippen molar-refractivity contribution in [3.05, 3.63) is 29.8 Å². The first-order chi connectivity index (χ1) is 10.7. The molecule has 0 aliphatic carbocycles. The van der Waals surface area contributed by atoms with E-state index in [4.69, 9.17) is 5.73 Å². The number of carbonyl (C=O) groups excluding carboxylic acids is 1. The van der Waals surface area contributed by atoms with E-state index in [1.807, 2.05) is 17.0 Å². The van der Waals surface area contributed by atoms with Crippen LogP contribution >= 0.6 is 24.8 Å². The normalized spacial score (nSPS) is 14.5. The first kappa shape index (κ1) is 23.0. The van der Waals surface area contributed by atoms with Crippen LogP contribution < -0.4 is 10.6 Å². The molecule has 0 spiro atoms. The zero-order valence-corrected chi connectivity index (χ0v) is 16.4. The lowest BCUT2D eigenvalue weighted by atomic mass is 9.96. The number of anilines is 1. The third kappa shape index (κ3) is 5.83. The minimum absolute atomic E-state index is 0. The Morgan fingerprint density at radius 1 is 1.17 bits per heavy atom. The largest absolute Gasteiger partial charge is 0.372 e. The second-order valence-corrected chi connectivity index (χ2v) is 6.10. The van der Waals surface area contributed by atoms with Crippen molar-refractivity contribution in [2.45, 2.75) is 33.1 Å². The summed E-state index contributed by atoms with van der Waals surface area (Å²) in [6, 6.07) is 8.06. The molecule has 6 heteroatoms. The molecule has 0 atom stereocenters. The standard InChI is InChI=1S/C18H29N3O.2ClH/c1-3-11-20(4-2)17-7-5-16(6-8-17)18(22)21-12-9-15(14-19)10-13-21;;/h5-8,15H,3-4,9-14,19H2,1-2H3;2*1H. The Morgan fingerprint density at radius 3 is 2.21 bits per heavy atom. The van der Waals surface area contributed by atoms with Crippen molar-refractivity contribution in [3.8, 4) is 0 Å². The molecule has 1 heterocycles. The molecule has 1 amide bonds. The first-order valence-corrected chi connectivity index (χ1v) is 8.53. The number of carbonyl (C=O) groups is 1. The van der Waals surface area contributed by atoms with Crippen molar-refractivity contribution in [1.29, 1.82) is 0 Å². The number of nitrogens with two attached hydrogens (primary N) is 1. The van der Waals surface area contributed by atoms with Crippen LogP contribution in [0.15, 0.2) is 24.3 Å². The number of piperidine rings is 1.